The Bertz CT molecular complexity index is 462. The van der Waals surface area contributed by atoms with Crippen molar-refractivity contribution >= 4 is 29.9 Å². The van der Waals surface area contributed by atoms with Crippen molar-refractivity contribution < 1.29 is 23.9 Å². The number of urea groups is 1. The van der Waals surface area contributed by atoms with Gasteiger partial charge < -0.3 is 20.5 Å². The normalized spacial score (nSPS) is 25.9. The predicted molar refractivity (Wildman–Crippen MR) is 85.1 cm³/mol. The molecule has 0 aromatic rings. The van der Waals surface area contributed by atoms with E-state index in [0.29, 0.717) is 12.2 Å². The fourth-order valence-electron chi connectivity index (χ4n) is 2.88. The van der Waals surface area contributed by atoms with Gasteiger partial charge >= 0.3 is 18.1 Å². The van der Waals surface area contributed by atoms with Gasteiger partial charge in [-0.3, -0.25) is 4.79 Å². The minimum Gasteiger partial charge on any atom is -0.469 e. The monoisotopic (exact) mass is 345 g/mol. The van der Waals surface area contributed by atoms with Gasteiger partial charge in [-0.15, -0.1) is 0 Å². The number of imide groups is 1. The quantitative estimate of drug-likeness (QED) is 0.397. The Morgan fingerprint density at radius 1 is 1.43 bits per heavy atom. The van der Waals surface area contributed by atoms with Crippen molar-refractivity contribution in [1.82, 2.24) is 10.2 Å². The lowest BCUT2D eigenvalue weighted by Crippen LogP contribution is -2.42. The number of nitrogens with zero attached hydrogens (tertiary/aromatic N) is 1. The molecule has 0 aromatic heterocycles. The zero-order chi connectivity index (χ0) is 16.8. The summed E-state index contributed by atoms with van der Waals surface area (Å²) < 4.78 is 9.58. The number of carbonyl (C=O) groups is 3. The van der Waals surface area contributed by atoms with Crippen molar-refractivity contribution in [3.8, 4) is 0 Å². The molecule has 2 fully saturated rings. The number of rotatable bonds is 7. The predicted octanol–water partition coefficient (Wildman–Crippen LogP) is 0.693. The van der Waals surface area contributed by atoms with Crippen molar-refractivity contribution in [2.24, 2.45) is 5.73 Å². The number of esters is 1. The van der Waals surface area contributed by atoms with Gasteiger partial charge in [0.15, 0.2) is 0 Å². The Kier molecular flexibility index (Phi) is 6.52. The molecule has 2 heterocycles. The number of ether oxygens (including phenoxy) is 2. The summed E-state index contributed by atoms with van der Waals surface area (Å²) in [5.41, 5.74) is 5.31. The maximum absolute atomic E-state index is 12.0. The number of fused-ring (bicyclic) bond motifs is 1. The second-order valence-corrected chi connectivity index (χ2v) is 6.78. The largest absolute Gasteiger partial charge is 0.469 e. The van der Waals surface area contributed by atoms with Crippen molar-refractivity contribution in [2.45, 2.75) is 43.0 Å². The molecule has 23 heavy (non-hydrogen) atoms. The average Bonchev–Trinajstić information content (AvgIpc) is 3.07. The summed E-state index contributed by atoms with van der Waals surface area (Å²) in [5, 5.41) is 3.12. The summed E-state index contributed by atoms with van der Waals surface area (Å²) in [5.74, 6) is 0.493. The molecule has 0 aliphatic carbocycles. The molecular formula is C14H23N3O5S. The third-order valence-corrected chi connectivity index (χ3v) is 5.52. The highest BCUT2D eigenvalue weighted by atomic mass is 32.2. The van der Waals surface area contributed by atoms with Gasteiger partial charge in [-0.05, 0) is 12.8 Å². The summed E-state index contributed by atoms with van der Waals surface area (Å²) in [7, 11) is 1.38. The third-order valence-electron chi connectivity index (χ3n) is 4.02. The Balaban J connectivity index is 1.82. The van der Waals surface area contributed by atoms with Gasteiger partial charge in [-0.1, -0.05) is 6.42 Å². The molecule has 130 valence electrons. The van der Waals surface area contributed by atoms with Gasteiger partial charge in [-0.25, -0.2) is 14.5 Å². The molecule has 9 heteroatoms. The molecule has 8 nitrogen and oxygen atoms in total. The highest BCUT2D eigenvalue weighted by Gasteiger charge is 2.50. The number of unbranched alkanes of at least 4 members (excludes halogenated alkanes) is 1. The van der Waals surface area contributed by atoms with Crippen LogP contribution in [-0.2, 0) is 14.3 Å². The lowest BCUT2D eigenvalue weighted by Gasteiger charge is -2.19. The Hall–Kier alpha value is -1.48. The number of nitrogens with one attached hydrogen (secondary N) is 1. The lowest BCUT2D eigenvalue weighted by molar-refractivity contribution is -0.140. The van der Waals surface area contributed by atoms with E-state index in [1.165, 1.54) is 12.0 Å². The molecule has 3 atom stereocenters. The lowest BCUT2D eigenvalue weighted by atomic mass is 10.0. The van der Waals surface area contributed by atoms with Gasteiger partial charge in [0.25, 0.3) is 0 Å². The van der Waals surface area contributed by atoms with Crippen LogP contribution in [-0.4, -0.2) is 66.3 Å². The van der Waals surface area contributed by atoms with E-state index in [1.807, 2.05) is 0 Å². The molecule has 0 spiro atoms. The van der Waals surface area contributed by atoms with Crippen LogP contribution < -0.4 is 11.1 Å². The van der Waals surface area contributed by atoms with Gasteiger partial charge in [0.1, 0.15) is 6.61 Å². The summed E-state index contributed by atoms with van der Waals surface area (Å²) in [6.07, 6.45) is 2.30. The Labute approximate surface area is 139 Å². The number of thioether (sulfide) groups is 1. The first-order valence-corrected chi connectivity index (χ1v) is 8.78. The Morgan fingerprint density at radius 2 is 2.22 bits per heavy atom. The standard InChI is InChI=1S/C14H23N3O5S/c1-21-11(18)5-3-2-4-10-12-9(8-23-10)17(13(19)16-12)14(20)22-7-6-15/h9-10,12H,2-8,15H2,1H3,(H,16,19). The first-order chi connectivity index (χ1) is 11.1. The van der Waals surface area contributed by atoms with E-state index in [0.717, 1.165) is 19.3 Å². The highest BCUT2D eigenvalue weighted by molar-refractivity contribution is 8.00. The first-order valence-electron chi connectivity index (χ1n) is 7.73. The molecule has 2 aliphatic heterocycles. The fourth-order valence-corrected chi connectivity index (χ4v) is 4.47. The van der Waals surface area contributed by atoms with Gasteiger partial charge in [0, 0.05) is 24.0 Å². The number of amides is 3. The molecule has 3 amide bonds. The summed E-state index contributed by atoms with van der Waals surface area (Å²) >= 11 is 1.74. The smallest absolute Gasteiger partial charge is 0.418 e. The zero-order valence-corrected chi connectivity index (χ0v) is 14.0. The summed E-state index contributed by atoms with van der Waals surface area (Å²) in [6, 6.07) is -0.638. The van der Waals surface area contributed by atoms with Crippen LogP contribution in [0.3, 0.4) is 0 Å². The number of methoxy groups -OCH3 is 1. The van der Waals surface area contributed by atoms with E-state index in [4.69, 9.17) is 10.5 Å². The van der Waals surface area contributed by atoms with Crippen LogP contribution in [0.4, 0.5) is 9.59 Å². The van der Waals surface area contributed by atoms with Crippen LogP contribution in [0.25, 0.3) is 0 Å². The van der Waals surface area contributed by atoms with E-state index in [9.17, 15) is 14.4 Å². The van der Waals surface area contributed by atoms with E-state index < -0.39 is 12.1 Å². The molecule has 3 unspecified atom stereocenters. The SMILES string of the molecule is COC(=O)CCCCC1SCC2C1NC(=O)N2C(=O)OCCN. The molecular weight excluding hydrogens is 322 g/mol. The molecule has 2 saturated heterocycles. The number of carbonyl (C=O) groups excluding carboxylic acids is 3. The molecule has 2 aliphatic rings. The maximum atomic E-state index is 12.0. The number of hydrogen-bond donors (Lipinski definition) is 2. The summed E-state index contributed by atoms with van der Waals surface area (Å²) in [4.78, 5) is 36.2. The van der Waals surface area contributed by atoms with Crippen LogP contribution in [0, 0.1) is 0 Å². The fraction of sp³-hybridized carbons (Fsp3) is 0.786. The van der Waals surface area contributed by atoms with Crippen molar-refractivity contribution in [3.05, 3.63) is 0 Å². The van der Waals surface area contributed by atoms with Crippen molar-refractivity contribution in [3.63, 3.8) is 0 Å². The number of nitrogens with two attached hydrogens (primary N) is 1. The van der Waals surface area contributed by atoms with Crippen LogP contribution >= 0.6 is 11.8 Å². The van der Waals surface area contributed by atoms with Crippen LogP contribution in [0.15, 0.2) is 0 Å². The topological polar surface area (TPSA) is 111 Å². The second-order valence-electron chi connectivity index (χ2n) is 5.51. The minimum atomic E-state index is -0.632. The first kappa shape index (κ1) is 17.9. The number of hydrogen-bond acceptors (Lipinski definition) is 7. The van der Waals surface area contributed by atoms with Crippen LogP contribution in [0.5, 0.6) is 0 Å². The summed E-state index contributed by atoms with van der Waals surface area (Å²) in [6.45, 7) is 0.330. The van der Waals surface area contributed by atoms with Crippen LogP contribution in [0.2, 0.25) is 0 Å². The minimum absolute atomic E-state index is 0.0592. The van der Waals surface area contributed by atoms with E-state index >= 15 is 0 Å². The van der Waals surface area contributed by atoms with Gasteiger partial charge in [0.05, 0.1) is 19.2 Å². The van der Waals surface area contributed by atoms with E-state index in [2.05, 4.69) is 10.1 Å². The zero-order valence-electron chi connectivity index (χ0n) is 13.2. The van der Waals surface area contributed by atoms with Crippen molar-refractivity contribution in [1.29, 1.82) is 0 Å². The molecule has 0 saturated carbocycles. The molecule has 0 aromatic carbocycles. The van der Waals surface area contributed by atoms with Gasteiger partial charge in [0.2, 0.25) is 0 Å². The van der Waals surface area contributed by atoms with E-state index in [1.54, 1.807) is 11.8 Å². The van der Waals surface area contributed by atoms with Crippen molar-refractivity contribution in [2.75, 3.05) is 26.0 Å². The van der Waals surface area contributed by atoms with E-state index in [-0.39, 0.29) is 36.5 Å². The second kappa shape index (κ2) is 8.39. The van der Waals surface area contributed by atoms with Gasteiger partial charge in [-0.2, -0.15) is 11.8 Å². The molecule has 0 radical (unpaired) electrons. The average molecular weight is 345 g/mol. The molecule has 2 rings (SSSR count). The third kappa shape index (κ3) is 4.29. The maximum Gasteiger partial charge on any atom is 0.418 e. The highest BCUT2D eigenvalue weighted by Crippen LogP contribution is 2.37. The Morgan fingerprint density at radius 3 is 2.91 bits per heavy atom. The molecule has 3 N–H and O–H groups in total. The van der Waals surface area contributed by atoms with Crippen LogP contribution in [0.1, 0.15) is 25.7 Å². The molecule has 0 bridgehead atoms.